The molecule has 8 nitrogen and oxygen atoms in total. The number of anilines is 5. The van der Waals surface area contributed by atoms with E-state index in [1.54, 1.807) is 23.4 Å². The molecular weight excluding hydrogens is 366 g/mol. The number of aromatic amines is 1. The summed E-state index contributed by atoms with van der Waals surface area (Å²) in [5.41, 5.74) is 2.43. The molecule has 3 aromatic rings. The van der Waals surface area contributed by atoms with Gasteiger partial charge in [0, 0.05) is 30.4 Å². The molecule has 1 amide bonds. The first kappa shape index (κ1) is 17.3. The predicted molar refractivity (Wildman–Crippen MR) is 105 cm³/mol. The van der Waals surface area contributed by atoms with Crippen LogP contribution in [0, 0.1) is 6.92 Å². The molecule has 27 heavy (non-hydrogen) atoms. The van der Waals surface area contributed by atoms with Crippen molar-refractivity contribution in [3.63, 3.8) is 0 Å². The van der Waals surface area contributed by atoms with E-state index in [-0.39, 0.29) is 5.91 Å². The summed E-state index contributed by atoms with van der Waals surface area (Å²) < 4.78 is 0. The maximum absolute atomic E-state index is 12.0. The molecule has 4 rings (SSSR count). The minimum absolute atomic E-state index is 0.0920. The molecule has 1 saturated heterocycles. The quantitative estimate of drug-likeness (QED) is 0.620. The van der Waals surface area contributed by atoms with Crippen molar-refractivity contribution in [2.45, 2.75) is 19.8 Å². The Labute approximate surface area is 161 Å². The van der Waals surface area contributed by atoms with Crippen LogP contribution in [0.15, 0.2) is 36.7 Å². The van der Waals surface area contributed by atoms with Gasteiger partial charge >= 0.3 is 0 Å². The van der Waals surface area contributed by atoms with Crippen LogP contribution < -0.4 is 15.5 Å². The minimum Gasteiger partial charge on any atom is -0.339 e. The van der Waals surface area contributed by atoms with E-state index < -0.39 is 0 Å². The summed E-state index contributed by atoms with van der Waals surface area (Å²) in [6.07, 6.45) is 4.64. The van der Waals surface area contributed by atoms with E-state index in [4.69, 9.17) is 11.6 Å². The lowest BCUT2D eigenvalue weighted by Crippen LogP contribution is -2.24. The predicted octanol–water partition coefficient (Wildman–Crippen LogP) is 3.78. The SMILES string of the molecule is Cc1cc(Nc2cncc(Nc3ccc(Cl)c(N4CCCC4=O)c3)n2)n[nH]1. The van der Waals surface area contributed by atoms with Crippen molar-refractivity contribution >= 4 is 46.3 Å². The molecule has 0 aliphatic carbocycles. The van der Waals surface area contributed by atoms with Crippen molar-refractivity contribution in [3.05, 3.63) is 47.4 Å². The number of aryl methyl sites for hydroxylation is 1. The first-order valence-corrected chi connectivity index (χ1v) is 8.94. The van der Waals surface area contributed by atoms with Gasteiger partial charge in [-0.25, -0.2) is 4.98 Å². The molecule has 0 atom stereocenters. The summed E-state index contributed by atoms with van der Waals surface area (Å²) in [6.45, 7) is 2.61. The van der Waals surface area contributed by atoms with E-state index in [0.29, 0.717) is 41.1 Å². The fourth-order valence-electron chi connectivity index (χ4n) is 2.95. The number of halogens is 1. The van der Waals surface area contributed by atoms with Gasteiger partial charge in [-0.15, -0.1) is 0 Å². The number of carbonyl (C=O) groups excluding carboxylic acids is 1. The zero-order chi connectivity index (χ0) is 18.8. The Balaban J connectivity index is 1.54. The Bertz CT molecular complexity index is 987. The second-order valence-corrected chi connectivity index (χ2v) is 6.70. The van der Waals surface area contributed by atoms with Crippen LogP contribution in [0.5, 0.6) is 0 Å². The van der Waals surface area contributed by atoms with Gasteiger partial charge in [-0.1, -0.05) is 11.6 Å². The largest absolute Gasteiger partial charge is 0.339 e. The molecule has 3 heterocycles. The van der Waals surface area contributed by atoms with Crippen molar-refractivity contribution in [1.82, 2.24) is 20.2 Å². The van der Waals surface area contributed by atoms with Crippen LogP contribution >= 0.6 is 11.6 Å². The zero-order valence-corrected chi connectivity index (χ0v) is 15.4. The van der Waals surface area contributed by atoms with Crippen LogP contribution in [0.4, 0.5) is 28.8 Å². The Hall–Kier alpha value is -3.13. The highest BCUT2D eigenvalue weighted by molar-refractivity contribution is 6.34. The van der Waals surface area contributed by atoms with Crippen molar-refractivity contribution in [1.29, 1.82) is 0 Å². The highest BCUT2D eigenvalue weighted by atomic mass is 35.5. The van der Waals surface area contributed by atoms with Crippen molar-refractivity contribution in [2.24, 2.45) is 0 Å². The van der Waals surface area contributed by atoms with E-state index in [9.17, 15) is 4.79 Å². The van der Waals surface area contributed by atoms with Gasteiger partial charge in [0.25, 0.3) is 0 Å². The van der Waals surface area contributed by atoms with Gasteiger partial charge in [0.15, 0.2) is 17.5 Å². The topological polar surface area (TPSA) is 98.8 Å². The lowest BCUT2D eigenvalue weighted by molar-refractivity contribution is -0.117. The Morgan fingerprint density at radius 3 is 2.67 bits per heavy atom. The van der Waals surface area contributed by atoms with Gasteiger partial charge in [0.05, 0.1) is 23.1 Å². The third-order valence-corrected chi connectivity index (χ3v) is 4.50. The fraction of sp³-hybridized carbons (Fsp3) is 0.222. The van der Waals surface area contributed by atoms with Gasteiger partial charge in [-0.3, -0.25) is 14.9 Å². The van der Waals surface area contributed by atoms with E-state index in [0.717, 1.165) is 17.8 Å². The summed E-state index contributed by atoms with van der Waals surface area (Å²) in [7, 11) is 0. The third kappa shape index (κ3) is 3.85. The molecule has 1 fully saturated rings. The number of nitrogens with zero attached hydrogens (tertiary/aromatic N) is 4. The van der Waals surface area contributed by atoms with E-state index in [2.05, 4.69) is 30.8 Å². The second kappa shape index (κ2) is 7.24. The zero-order valence-electron chi connectivity index (χ0n) is 14.7. The fourth-order valence-corrected chi connectivity index (χ4v) is 3.17. The van der Waals surface area contributed by atoms with Gasteiger partial charge in [0.1, 0.15) is 0 Å². The first-order valence-electron chi connectivity index (χ1n) is 8.56. The maximum Gasteiger partial charge on any atom is 0.227 e. The van der Waals surface area contributed by atoms with Gasteiger partial charge in [-0.2, -0.15) is 5.10 Å². The van der Waals surface area contributed by atoms with Crippen molar-refractivity contribution in [3.8, 4) is 0 Å². The molecule has 0 bridgehead atoms. The lowest BCUT2D eigenvalue weighted by Gasteiger charge is -2.18. The molecule has 3 N–H and O–H groups in total. The molecule has 0 radical (unpaired) electrons. The Morgan fingerprint density at radius 2 is 1.96 bits per heavy atom. The molecule has 9 heteroatoms. The molecule has 1 aliphatic heterocycles. The lowest BCUT2D eigenvalue weighted by atomic mass is 10.2. The number of carbonyl (C=O) groups is 1. The third-order valence-electron chi connectivity index (χ3n) is 4.18. The van der Waals surface area contributed by atoms with Gasteiger partial charge in [0.2, 0.25) is 5.91 Å². The van der Waals surface area contributed by atoms with E-state index in [1.807, 2.05) is 25.1 Å². The molecule has 0 unspecified atom stereocenters. The van der Waals surface area contributed by atoms with Crippen LogP contribution in [-0.4, -0.2) is 32.6 Å². The molecule has 0 spiro atoms. The number of hydrogen-bond acceptors (Lipinski definition) is 6. The Kier molecular flexibility index (Phi) is 4.64. The monoisotopic (exact) mass is 383 g/mol. The van der Waals surface area contributed by atoms with Crippen LogP contribution in [0.1, 0.15) is 18.5 Å². The molecular formula is C18H18ClN7O. The van der Waals surface area contributed by atoms with Crippen LogP contribution in [0.2, 0.25) is 5.02 Å². The summed E-state index contributed by atoms with van der Waals surface area (Å²) in [6, 6.07) is 7.34. The normalized spacial score (nSPS) is 13.9. The summed E-state index contributed by atoms with van der Waals surface area (Å²) in [4.78, 5) is 22.4. The number of hydrogen-bond donors (Lipinski definition) is 3. The highest BCUT2D eigenvalue weighted by Gasteiger charge is 2.23. The summed E-state index contributed by atoms with van der Waals surface area (Å²) in [5, 5.41) is 13.8. The summed E-state index contributed by atoms with van der Waals surface area (Å²) >= 11 is 6.29. The van der Waals surface area contributed by atoms with Crippen molar-refractivity contribution in [2.75, 3.05) is 22.1 Å². The smallest absolute Gasteiger partial charge is 0.227 e. The minimum atomic E-state index is 0.0920. The second-order valence-electron chi connectivity index (χ2n) is 6.29. The first-order chi connectivity index (χ1) is 13.1. The molecule has 1 aromatic carbocycles. The number of aromatic nitrogens is 4. The molecule has 1 aliphatic rings. The maximum atomic E-state index is 12.0. The van der Waals surface area contributed by atoms with Crippen LogP contribution in [0.25, 0.3) is 0 Å². The van der Waals surface area contributed by atoms with Gasteiger partial charge < -0.3 is 15.5 Å². The molecule has 0 saturated carbocycles. The van der Waals surface area contributed by atoms with E-state index >= 15 is 0 Å². The average molecular weight is 384 g/mol. The van der Waals surface area contributed by atoms with E-state index in [1.165, 1.54) is 0 Å². The standard InChI is InChI=1S/C18H18ClN7O/c1-11-7-15(25-24-11)22-17-10-20-9-16(23-17)21-12-4-5-13(19)14(8-12)26-6-2-3-18(26)27/h4-5,7-10H,2-3,6H2,1H3,(H3,21,22,23,24,25). The number of amides is 1. The highest BCUT2D eigenvalue weighted by Crippen LogP contribution is 2.32. The van der Waals surface area contributed by atoms with Crippen molar-refractivity contribution < 1.29 is 4.79 Å². The number of nitrogens with one attached hydrogen (secondary N) is 3. The average Bonchev–Trinajstić information content (AvgIpc) is 3.25. The van der Waals surface area contributed by atoms with Crippen LogP contribution in [0.3, 0.4) is 0 Å². The van der Waals surface area contributed by atoms with Crippen LogP contribution in [-0.2, 0) is 4.79 Å². The van der Waals surface area contributed by atoms with Gasteiger partial charge in [-0.05, 0) is 31.5 Å². The Morgan fingerprint density at radius 1 is 1.15 bits per heavy atom. The molecule has 2 aromatic heterocycles. The number of rotatable bonds is 5. The summed E-state index contributed by atoms with van der Waals surface area (Å²) in [5.74, 6) is 1.89. The number of benzene rings is 1. The number of H-pyrrole nitrogens is 1. The molecule has 138 valence electrons.